The Morgan fingerprint density at radius 3 is 1.71 bits per heavy atom. The molecule has 0 unspecified atom stereocenters. The number of hydrogen-bond acceptors (Lipinski definition) is 3. The van der Waals surface area contributed by atoms with E-state index >= 15 is 0 Å². The number of rotatable bonds is 11. The number of benzene rings is 1. The lowest BCUT2D eigenvalue weighted by molar-refractivity contribution is 0.622. The zero-order valence-electron chi connectivity index (χ0n) is 12.8. The monoisotopic (exact) mass is 283 g/mol. The first-order valence-electron chi connectivity index (χ1n) is 7.92. The Hall–Kier alpha value is -2.00. The fourth-order valence-electron chi connectivity index (χ4n) is 2.38. The van der Waals surface area contributed by atoms with Crippen molar-refractivity contribution in [2.45, 2.75) is 51.4 Å². The summed E-state index contributed by atoms with van der Waals surface area (Å²) in [6.07, 6.45) is 7.84. The highest BCUT2D eigenvalue weighted by molar-refractivity contribution is 5.45. The molecule has 21 heavy (non-hydrogen) atoms. The molecule has 0 atom stereocenters. The van der Waals surface area contributed by atoms with Gasteiger partial charge in [-0.2, -0.15) is 10.5 Å². The van der Waals surface area contributed by atoms with Crippen LogP contribution >= 0.6 is 0 Å². The van der Waals surface area contributed by atoms with Crippen LogP contribution in [0.4, 0.5) is 5.69 Å². The second-order valence-electron chi connectivity index (χ2n) is 5.26. The molecule has 3 heteroatoms. The van der Waals surface area contributed by atoms with Crippen LogP contribution in [0.25, 0.3) is 0 Å². The van der Waals surface area contributed by atoms with Crippen LogP contribution in [-0.4, -0.2) is 13.1 Å². The second-order valence-corrected chi connectivity index (χ2v) is 5.26. The van der Waals surface area contributed by atoms with Crippen LogP contribution in [0.15, 0.2) is 30.3 Å². The van der Waals surface area contributed by atoms with Crippen LogP contribution in [-0.2, 0) is 0 Å². The highest BCUT2D eigenvalue weighted by atomic mass is 15.1. The first-order valence-corrected chi connectivity index (χ1v) is 7.92. The van der Waals surface area contributed by atoms with E-state index in [2.05, 4.69) is 41.3 Å². The fraction of sp³-hybridized carbons (Fsp3) is 0.556. The summed E-state index contributed by atoms with van der Waals surface area (Å²) >= 11 is 0. The summed E-state index contributed by atoms with van der Waals surface area (Å²) in [7, 11) is 0. The van der Waals surface area contributed by atoms with E-state index in [1.807, 2.05) is 6.07 Å². The zero-order chi connectivity index (χ0) is 15.2. The minimum atomic E-state index is 0.666. The van der Waals surface area contributed by atoms with Crippen molar-refractivity contribution in [3.8, 4) is 12.1 Å². The summed E-state index contributed by atoms with van der Waals surface area (Å²) in [5, 5.41) is 17.1. The molecule has 0 N–H and O–H groups in total. The highest BCUT2D eigenvalue weighted by Gasteiger charge is 2.05. The average molecular weight is 283 g/mol. The van der Waals surface area contributed by atoms with Crippen molar-refractivity contribution in [2.75, 3.05) is 18.0 Å². The molecule has 0 aliphatic heterocycles. The van der Waals surface area contributed by atoms with E-state index in [0.29, 0.717) is 12.8 Å². The molecule has 0 aliphatic carbocycles. The standard InChI is InChI=1S/C18H25N3/c19-14-8-1-3-10-16-21(17-11-4-2-9-15-20)18-12-6-5-7-13-18/h5-7,12-13H,1-4,8-11,16-17H2. The van der Waals surface area contributed by atoms with Gasteiger partial charge in [-0.3, -0.25) is 0 Å². The Morgan fingerprint density at radius 2 is 1.24 bits per heavy atom. The number of hydrogen-bond donors (Lipinski definition) is 0. The zero-order valence-corrected chi connectivity index (χ0v) is 12.8. The summed E-state index contributed by atoms with van der Waals surface area (Å²) < 4.78 is 0. The molecular weight excluding hydrogens is 258 g/mol. The molecule has 0 amide bonds. The number of para-hydroxylation sites is 1. The molecule has 0 saturated carbocycles. The topological polar surface area (TPSA) is 50.8 Å². The summed E-state index contributed by atoms with van der Waals surface area (Å²) in [5.41, 5.74) is 1.28. The van der Waals surface area contributed by atoms with Gasteiger partial charge in [0.05, 0.1) is 12.1 Å². The third-order valence-electron chi connectivity index (χ3n) is 3.55. The third kappa shape index (κ3) is 8.00. The van der Waals surface area contributed by atoms with Crippen molar-refractivity contribution in [3.63, 3.8) is 0 Å². The molecular formula is C18H25N3. The minimum Gasteiger partial charge on any atom is -0.372 e. The molecule has 3 nitrogen and oxygen atoms in total. The molecule has 0 saturated heterocycles. The van der Waals surface area contributed by atoms with Gasteiger partial charge in [-0.25, -0.2) is 0 Å². The minimum absolute atomic E-state index is 0.666. The van der Waals surface area contributed by atoms with Gasteiger partial charge in [0.1, 0.15) is 0 Å². The molecule has 0 radical (unpaired) electrons. The summed E-state index contributed by atoms with van der Waals surface area (Å²) in [4.78, 5) is 2.43. The third-order valence-corrected chi connectivity index (χ3v) is 3.55. The maximum Gasteiger partial charge on any atom is 0.0621 e. The van der Waals surface area contributed by atoms with Gasteiger partial charge < -0.3 is 4.90 Å². The highest BCUT2D eigenvalue weighted by Crippen LogP contribution is 2.16. The summed E-state index contributed by atoms with van der Waals surface area (Å²) in [6, 6.07) is 14.9. The van der Waals surface area contributed by atoms with Crippen molar-refractivity contribution < 1.29 is 0 Å². The normalized spacial score (nSPS) is 9.81. The van der Waals surface area contributed by atoms with Crippen LogP contribution < -0.4 is 4.90 Å². The Bertz CT molecular complexity index is 418. The summed E-state index contributed by atoms with van der Waals surface area (Å²) in [5.74, 6) is 0. The molecule has 0 spiro atoms. The quantitative estimate of drug-likeness (QED) is 0.555. The molecule has 1 aromatic carbocycles. The van der Waals surface area contributed by atoms with Gasteiger partial charge in [-0.1, -0.05) is 31.0 Å². The van der Waals surface area contributed by atoms with E-state index < -0.39 is 0 Å². The van der Waals surface area contributed by atoms with Gasteiger partial charge in [-0.05, 0) is 37.8 Å². The Kier molecular flexibility index (Phi) is 9.58. The lowest BCUT2D eigenvalue weighted by Crippen LogP contribution is -2.25. The smallest absolute Gasteiger partial charge is 0.0621 e. The Morgan fingerprint density at radius 1 is 0.714 bits per heavy atom. The Balaban J connectivity index is 2.36. The maximum atomic E-state index is 8.56. The van der Waals surface area contributed by atoms with E-state index in [4.69, 9.17) is 10.5 Å². The maximum absolute atomic E-state index is 8.56. The predicted molar refractivity (Wildman–Crippen MR) is 86.8 cm³/mol. The fourth-order valence-corrected chi connectivity index (χ4v) is 2.38. The van der Waals surface area contributed by atoms with Gasteiger partial charge in [-0.15, -0.1) is 0 Å². The van der Waals surface area contributed by atoms with Crippen LogP contribution in [0.3, 0.4) is 0 Å². The number of anilines is 1. The molecule has 0 fully saturated rings. The van der Waals surface area contributed by atoms with Gasteiger partial charge in [0.2, 0.25) is 0 Å². The molecule has 0 aliphatic rings. The number of nitriles is 2. The van der Waals surface area contributed by atoms with Gasteiger partial charge >= 0.3 is 0 Å². The first kappa shape index (κ1) is 17.1. The van der Waals surface area contributed by atoms with Crippen molar-refractivity contribution in [3.05, 3.63) is 30.3 Å². The molecule has 0 bridgehead atoms. The lowest BCUT2D eigenvalue weighted by atomic mass is 10.1. The largest absolute Gasteiger partial charge is 0.372 e. The summed E-state index contributed by atoms with van der Waals surface area (Å²) in [6.45, 7) is 2.10. The predicted octanol–water partition coefficient (Wildman–Crippen LogP) is 4.66. The van der Waals surface area contributed by atoms with Crippen molar-refractivity contribution in [1.82, 2.24) is 0 Å². The van der Waals surface area contributed by atoms with E-state index in [0.717, 1.165) is 51.6 Å². The molecule has 112 valence electrons. The van der Waals surface area contributed by atoms with Crippen molar-refractivity contribution in [2.24, 2.45) is 0 Å². The molecule has 1 aromatic rings. The average Bonchev–Trinajstić information content (AvgIpc) is 2.53. The van der Waals surface area contributed by atoms with Crippen LogP contribution in [0.2, 0.25) is 0 Å². The van der Waals surface area contributed by atoms with E-state index in [1.165, 1.54) is 5.69 Å². The SMILES string of the molecule is N#CCCCCCN(CCCCCC#N)c1ccccc1. The molecule has 0 aromatic heterocycles. The van der Waals surface area contributed by atoms with Gasteiger partial charge in [0.25, 0.3) is 0 Å². The number of nitrogens with zero attached hydrogens (tertiary/aromatic N) is 3. The van der Waals surface area contributed by atoms with E-state index in [1.54, 1.807) is 0 Å². The Labute approximate surface area is 128 Å². The van der Waals surface area contributed by atoms with Crippen LogP contribution in [0.1, 0.15) is 51.4 Å². The van der Waals surface area contributed by atoms with Crippen LogP contribution in [0, 0.1) is 22.7 Å². The van der Waals surface area contributed by atoms with E-state index in [-0.39, 0.29) is 0 Å². The van der Waals surface area contributed by atoms with E-state index in [9.17, 15) is 0 Å². The van der Waals surface area contributed by atoms with Crippen molar-refractivity contribution in [1.29, 1.82) is 10.5 Å². The van der Waals surface area contributed by atoms with Crippen molar-refractivity contribution >= 4 is 5.69 Å². The van der Waals surface area contributed by atoms with Crippen LogP contribution in [0.5, 0.6) is 0 Å². The van der Waals surface area contributed by atoms with Gasteiger partial charge in [0, 0.05) is 31.6 Å². The molecule has 0 heterocycles. The molecule has 1 rings (SSSR count). The first-order chi connectivity index (χ1) is 10.4. The number of unbranched alkanes of at least 4 members (excludes halogenated alkanes) is 6. The van der Waals surface area contributed by atoms with Gasteiger partial charge in [0.15, 0.2) is 0 Å². The second kappa shape index (κ2) is 11.8. The lowest BCUT2D eigenvalue weighted by Gasteiger charge is -2.25.